The highest BCUT2D eigenvalue weighted by Gasteiger charge is 2.31. The number of carbonyl (C=O) groups is 1. The Balaban J connectivity index is 2.40. The van der Waals surface area contributed by atoms with Gasteiger partial charge >= 0.3 is 5.97 Å². The van der Waals surface area contributed by atoms with Gasteiger partial charge in [-0.2, -0.15) is 0 Å². The number of hydrogen-bond donors (Lipinski definition) is 1. The van der Waals surface area contributed by atoms with Gasteiger partial charge < -0.3 is 10.0 Å². The Labute approximate surface area is 106 Å². The molecule has 0 amide bonds. The zero-order valence-corrected chi connectivity index (χ0v) is 10.7. The van der Waals surface area contributed by atoms with Crippen LogP contribution in [0.15, 0.2) is 18.2 Å². The van der Waals surface area contributed by atoms with Gasteiger partial charge in [-0.15, -0.1) is 0 Å². The van der Waals surface area contributed by atoms with Crippen molar-refractivity contribution in [2.24, 2.45) is 5.92 Å². The molecule has 1 aromatic carbocycles. The summed E-state index contributed by atoms with van der Waals surface area (Å²) in [5.41, 5.74) is 1.77. The van der Waals surface area contributed by atoms with Crippen LogP contribution in [0.5, 0.6) is 0 Å². The lowest BCUT2D eigenvalue weighted by molar-refractivity contribution is -0.139. The van der Waals surface area contributed by atoms with Crippen LogP contribution in [-0.4, -0.2) is 23.7 Å². The molecule has 3 nitrogen and oxygen atoms in total. The van der Waals surface area contributed by atoms with Crippen molar-refractivity contribution < 1.29 is 14.3 Å². The Hall–Kier alpha value is -1.58. The molecule has 2 rings (SSSR count). The van der Waals surface area contributed by atoms with Crippen LogP contribution >= 0.6 is 0 Å². The van der Waals surface area contributed by atoms with Gasteiger partial charge in [-0.1, -0.05) is 13.8 Å². The van der Waals surface area contributed by atoms with Crippen molar-refractivity contribution in [3.63, 3.8) is 0 Å². The molecule has 98 valence electrons. The lowest BCUT2D eigenvalue weighted by atomic mass is 9.95. The minimum absolute atomic E-state index is 0.0125. The largest absolute Gasteiger partial charge is 0.480 e. The van der Waals surface area contributed by atoms with E-state index in [1.165, 1.54) is 12.1 Å². The number of halogens is 1. The quantitative estimate of drug-likeness (QED) is 0.898. The summed E-state index contributed by atoms with van der Waals surface area (Å²) in [5.74, 6) is -1.06. The number of benzene rings is 1. The highest BCUT2D eigenvalue weighted by atomic mass is 19.1. The standard InChI is InChI=1S/C14H18FNO2/c1-9(2)13(14(17)18)16-7-3-4-10-8-11(15)5-6-12(10)16/h5-6,8-9,13H,3-4,7H2,1-2H3,(H,17,18). The summed E-state index contributed by atoms with van der Waals surface area (Å²) in [6.07, 6.45) is 1.68. The molecule has 4 heteroatoms. The molecule has 0 fully saturated rings. The molecular formula is C14H18FNO2. The third-order valence-electron chi connectivity index (χ3n) is 3.42. The second-order valence-corrected chi connectivity index (χ2v) is 5.10. The van der Waals surface area contributed by atoms with Crippen LogP contribution in [0, 0.1) is 11.7 Å². The van der Waals surface area contributed by atoms with Crippen LogP contribution in [-0.2, 0) is 11.2 Å². The second-order valence-electron chi connectivity index (χ2n) is 5.10. The maximum Gasteiger partial charge on any atom is 0.326 e. The van der Waals surface area contributed by atoms with Crippen molar-refractivity contribution in [1.29, 1.82) is 0 Å². The molecule has 1 unspecified atom stereocenters. The first-order chi connectivity index (χ1) is 8.50. The predicted molar refractivity (Wildman–Crippen MR) is 68.3 cm³/mol. The van der Waals surface area contributed by atoms with E-state index in [1.54, 1.807) is 6.07 Å². The SMILES string of the molecule is CC(C)C(C(=O)O)N1CCCc2cc(F)ccc21. The number of carboxylic acids is 1. The van der Waals surface area contributed by atoms with Crippen molar-refractivity contribution in [3.8, 4) is 0 Å². The molecule has 0 spiro atoms. The Morgan fingerprint density at radius 1 is 1.44 bits per heavy atom. The fourth-order valence-electron chi connectivity index (χ4n) is 2.66. The minimum atomic E-state index is -0.817. The summed E-state index contributed by atoms with van der Waals surface area (Å²) in [6.45, 7) is 4.51. The van der Waals surface area contributed by atoms with Crippen molar-refractivity contribution >= 4 is 11.7 Å². The molecule has 0 aromatic heterocycles. The van der Waals surface area contributed by atoms with E-state index in [4.69, 9.17) is 0 Å². The zero-order valence-electron chi connectivity index (χ0n) is 10.7. The predicted octanol–water partition coefficient (Wildman–Crippen LogP) is 2.69. The van der Waals surface area contributed by atoms with Gasteiger partial charge in [0.25, 0.3) is 0 Å². The Kier molecular flexibility index (Phi) is 3.55. The average Bonchev–Trinajstić information content (AvgIpc) is 2.27. The monoisotopic (exact) mass is 251 g/mol. The molecule has 1 heterocycles. The van der Waals surface area contributed by atoms with E-state index in [0.717, 1.165) is 24.1 Å². The van der Waals surface area contributed by atoms with Crippen molar-refractivity contribution in [2.75, 3.05) is 11.4 Å². The van der Waals surface area contributed by atoms with E-state index in [0.29, 0.717) is 6.54 Å². The minimum Gasteiger partial charge on any atom is -0.480 e. The average molecular weight is 251 g/mol. The molecular weight excluding hydrogens is 233 g/mol. The second kappa shape index (κ2) is 4.96. The number of rotatable bonds is 3. The van der Waals surface area contributed by atoms with Crippen LogP contribution in [0.1, 0.15) is 25.8 Å². The van der Waals surface area contributed by atoms with E-state index < -0.39 is 12.0 Å². The molecule has 0 radical (unpaired) electrons. The number of aryl methyl sites for hydroxylation is 1. The van der Waals surface area contributed by atoms with Gasteiger partial charge in [0.15, 0.2) is 0 Å². The van der Waals surface area contributed by atoms with Gasteiger partial charge in [0.1, 0.15) is 11.9 Å². The molecule has 0 bridgehead atoms. The zero-order chi connectivity index (χ0) is 13.3. The van der Waals surface area contributed by atoms with Crippen molar-refractivity contribution in [2.45, 2.75) is 32.7 Å². The van der Waals surface area contributed by atoms with Crippen LogP contribution in [0.2, 0.25) is 0 Å². The molecule has 0 saturated carbocycles. The first-order valence-electron chi connectivity index (χ1n) is 6.28. The summed E-state index contributed by atoms with van der Waals surface area (Å²) in [6, 6.07) is 4.06. The first-order valence-corrected chi connectivity index (χ1v) is 6.28. The summed E-state index contributed by atoms with van der Waals surface area (Å²) in [4.78, 5) is 13.3. The molecule has 0 aliphatic carbocycles. The maximum atomic E-state index is 13.2. The number of aliphatic carboxylic acids is 1. The molecule has 18 heavy (non-hydrogen) atoms. The molecule has 1 N–H and O–H groups in total. The number of anilines is 1. The summed E-state index contributed by atoms with van der Waals surface area (Å²) >= 11 is 0. The highest BCUT2D eigenvalue weighted by molar-refractivity contribution is 5.79. The van der Waals surface area contributed by atoms with Gasteiger partial charge in [0.2, 0.25) is 0 Å². The van der Waals surface area contributed by atoms with E-state index in [-0.39, 0.29) is 11.7 Å². The number of hydrogen-bond acceptors (Lipinski definition) is 2. The Morgan fingerprint density at radius 2 is 2.17 bits per heavy atom. The summed E-state index contributed by atoms with van der Waals surface area (Å²) < 4.78 is 13.2. The van der Waals surface area contributed by atoms with Crippen molar-refractivity contribution in [3.05, 3.63) is 29.6 Å². The fourth-order valence-corrected chi connectivity index (χ4v) is 2.66. The molecule has 1 aliphatic heterocycles. The van der Waals surface area contributed by atoms with Crippen LogP contribution in [0.4, 0.5) is 10.1 Å². The Bertz CT molecular complexity index is 459. The lowest BCUT2D eigenvalue weighted by Gasteiger charge is -2.37. The molecule has 1 atom stereocenters. The van der Waals surface area contributed by atoms with E-state index in [9.17, 15) is 14.3 Å². The third-order valence-corrected chi connectivity index (χ3v) is 3.42. The third kappa shape index (κ3) is 2.33. The summed E-state index contributed by atoms with van der Waals surface area (Å²) in [7, 11) is 0. The van der Waals surface area contributed by atoms with Gasteiger partial charge in [0, 0.05) is 12.2 Å². The van der Waals surface area contributed by atoms with Gasteiger partial charge in [-0.25, -0.2) is 9.18 Å². The normalized spacial score (nSPS) is 16.6. The van der Waals surface area contributed by atoms with Gasteiger partial charge in [-0.3, -0.25) is 0 Å². The van der Waals surface area contributed by atoms with E-state index in [2.05, 4.69) is 0 Å². The van der Waals surface area contributed by atoms with Crippen LogP contribution in [0.25, 0.3) is 0 Å². The fraction of sp³-hybridized carbons (Fsp3) is 0.500. The number of fused-ring (bicyclic) bond motifs is 1. The van der Waals surface area contributed by atoms with Crippen LogP contribution < -0.4 is 4.90 Å². The van der Waals surface area contributed by atoms with Gasteiger partial charge in [-0.05, 0) is 42.5 Å². The molecule has 1 aliphatic rings. The number of carboxylic acid groups (broad SMARTS) is 1. The van der Waals surface area contributed by atoms with Crippen LogP contribution in [0.3, 0.4) is 0 Å². The maximum absolute atomic E-state index is 13.2. The van der Waals surface area contributed by atoms with E-state index in [1.807, 2.05) is 18.7 Å². The lowest BCUT2D eigenvalue weighted by Crippen LogP contribution is -2.47. The first kappa shape index (κ1) is 12.9. The van der Waals surface area contributed by atoms with E-state index >= 15 is 0 Å². The van der Waals surface area contributed by atoms with Gasteiger partial charge in [0.05, 0.1) is 0 Å². The smallest absolute Gasteiger partial charge is 0.326 e. The summed E-state index contributed by atoms with van der Waals surface area (Å²) in [5, 5.41) is 9.36. The topological polar surface area (TPSA) is 40.5 Å². The number of nitrogens with zero attached hydrogens (tertiary/aromatic N) is 1. The Morgan fingerprint density at radius 3 is 2.78 bits per heavy atom. The highest BCUT2D eigenvalue weighted by Crippen LogP contribution is 2.31. The molecule has 0 saturated heterocycles. The van der Waals surface area contributed by atoms with Crippen molar-refractivity contribution in [1.82, 2.24) is 0 Å². The molecule has 1 aromatic rings.